The normalized spacial score (nSPS) is 11.0. The van der Waals surface area contributed by atoms with Crippen molar-refractivity contribution in [2.24, 2.45) is 0 Å². The van der Waals surface area contributed by atoms with E-state index in [1.54, 1.807) is 42.0 Å². The second-order valence-electron chi connectivity index (χ2n) is 6.84. The summed E-state index contributed by atoms with van der Waals surface area (Å²) in [5, 5.41) is 0.806. The van der Waals surface area contributed by atoms with Gasteiger partial charge in [-0.05, 0) is 43.3 Å². The largest absolute Gasteiger partial charge is 0.481 e. The van der Waals surface area contributed by atoms with Crippen LogP contribution in [-0.4, -0.2) is 29.2 Å². The van der Waals surface area contributed by atoms with E-state index in [0.717, 1.165) is 15.4 Å². The number of esters is 1. The van der Waals surface area contributed by atoms with Crippen molar-refractivity contribution in [2.75, 3.05) is 13.7 Å². The number of carbonyl (C=O) groups excluding carboxylic acids is 1. The first-order valence-corrected chi connectivity index (χ1v) is 10.6. The second kappa shape index (κ2) is 8.89. The zero-order valence-corrected chi connectivity index (χ0v) is 18.6. The minimum absolute atomic E-state index is 0.168. The fourth-order valence-electron chi connectivity index (χ4n) is 3.72. The number of carbonyl (C=O) groups is 1. The zero-order valence-electron chi connectivity index (χ0n) is 17.1. The first kappa shape index (κ1) is 21.1. The van der Waals surface area contributed by atoms with Gasteiger partial charge in [0.05, 0.1) is 20.3 Å². The Morgan fingerprint density at radius 2 is 1.97 bits per heavy atom. The molecule has 0 atom stereocenters. The van der Waals surface area contributed by atoms with Gasteiger partial charge in [-0.25, -0.2) is 14.2 Å². The second-order valence-corrected chi connectivity index (χ2v) is 7.76. The molecule has 0 aliphatic heterocycles. The zero-order chi connectivity index (χ0) is 22.0. The van der Waals surface area contributed by atoms with Crippen LogP contribution in [0.5, 0.6) is 5.88 Å². The number of hydrogen-bond donors (Lipinski definition) is 0. The molecule has 0 fully saturated rings. The van der Waals surface area contributed by atoms with Crippen LogP contribution in [0.25, 0.3) is 22.0 Å². The summed E-state index contributed by atoms with van der Waals surface area (Å²) >= 11 is 3.52. The molecule has 31 heavy (non-hydrogen) atoms. The van der Waals surface area contributed by atoms with Crippen molar-refractivity contribution >= 4 is 32.8 Å². The summed E-state index contributed by atoms with van der Waals surface area (Å²) in [5.41, 5.74) is 2.86. The standard InChI is InChI=1S/C24H20BrFN2O3/c1-3-31-24(29)22-21(17-8-6-12-27-23(17)30-2)18-13-16(25)10-11-20(18)28(22)14-15-7-4-5-9-19(15)26/h4-13H,3,14H2,1-2H3. The van der Waals surface area contributed by atoms with Crippen molar-refractivity contribution in [1.29, 1.82) is 0 Å². The molecule has 0 aliphatic carbocycles. The Balaban J connectivity index is 2.08. The Kier molecular flexibility index (Phi) is 6.04. The summed E-state index contributed by atoms with van der Waals surface area (Å²) in [4.78, 5) is 17.5. The molecule has 0 radical (unpaired) electrons. The molecule has 0 saturated heterocycles. The van der Waals surface area contributed by atoms with Crippen LogP contribution in [-0.2, 0) is 11.3 Å². The van der Waals surface area contributed by atoms with Crippen LogP contribution in [0, 0.1) is 5.82 Å². The lowest BCUT2D eigenvalue weighted by Gasteiger charge is -2.13. The van der Waals surface area contributed by atoms with Gasteiger partial charge in [0.1, 0.15) is 11.5 Å². The minimum atomic E-state index is -0.493. The topological polar surface area (TPSA) is 53.4 Å². The summed E-state index contributed by atoms with van der Waals surface area (Å²) < 4.78 is 28.0. The van der Waals surface area contributed by atoms with Gasteiger partial charge in [-0.1, -0.05) is 34.1 Å². The molecule has 4 aromatic rings. The molecule has 0 saturated carbocycles. The Morgan fingerprint density at radius 1 is 1.16 bits per heavy atom. The van der Waals surface area contributed by atoms with Crippen LogP contribution in [0.15, 0.2) is 65.3 Å². The van der Waals surface area contributed by atoms with Gasteiger partial charge < -0.3 is 14.0 Å². The highest BCUT2D eigenvalue weighted by molar-refractivity contribution is 9.10. The van der Waals surface area contributed by atoms with Crippen molar-refractivity contribution in [2.45, 2.75) is 13.5 Å². The van der Waals surface area contributed by atoms with Gasteiger partial charge in [0.25, 0.3) is 0 Å². The van der Waals surface area contributed by atoms with Gasteiger partial charge in [0, 0.05) is 38.3 Å². The molecule has 0 N–H and O–H groups in total. The molecule has 0 unspecified atom stereocenters. The Morgan fingerprint density at radius 3 is 2.71 bits per heavy atom. The Hall–Kier alpha value is -3.19. The molecule has 0 bridgehead atoms. The smallest absolute Gasteiger partial charge is 0.355 e. The first-order valence-electron chi connectivity index (χ1n) is 9.76. The maximum absolute atomic E-state index is 14.5. The van der Waals surface area contributed by atoms with Gasteiger partial charge >= 0.3 is 5.97 Å². The number of hydrogen-bond acceptors (Lipinski definition) is 4. The number of aromatic nitrogens is 2. The number of nitrogens with zero attached hydrogens (tertiary/aromatic N) is 2. The third-order valence-electron chi connectivity index (χ3n) is 5.01. The SMILES string of the molecule is CCOC(=O)c1c(-c2cccnc2OC)c2cc(Br)ccc2n1Cc1ccccc1F. The first-order chi connectivity index (χ1) is 15.0. The van der Waals surface area contributed by atoms with E-state index in [1.165, 1.54) is 13.2 Å². The number of halogens is 2. The highest BCUT2D eigenvalue weighted by atomic mass is 79.9. The molecule has 0 amide bonds. The van der Waals surface area contributed by atoms with E-state index in [0.29, 0.717) is 28.3 Å². The van der Waals surface area contributed by atoms with Crippen molar-refractivity contribution in [1.82, 2.24) is 9.55 Å². The van der Waals surface area contributed by atoms with Crippen LogP contribution >= 0.6 is 15.9 Å². The average molecular weight is 483 g/mol. The van der Waals surface area contributed by atoms with Crippen LogP contribution in [0.1, 0.15) is 23.0 Å². The van der Waals surface area contributed by atoms with E-state index in [-0.39, 0.29) is 19.0 Å². The van der Waals surface area contributed by atoms with E-state index in [1.807, 2.05) is 24.3 Å². The molecule has 7 heteroatoms. The monoisotopic (exact) mass is 482 g/mol. The third-order valence-corrected chi connectivity index (χ3v) is 5.51. The molecule has 2 heterocycles. The molecular formula is C24H20BrFN2O3. The number of ether oxygens (including phenoxy) is 2. The maximum Gasteiger partial charge on any atom is 0.355 e. The van der Waals surface area contributed by atoms with Gasteiger partial charge in [-0.15, -0.1) is 0 Å². The average Bonchev–Trinajstić information content (AvgIpc) is 3.08. The maximum atomic E-state index is 14.5. The molecular weight excluding hydrogens is 463 g/mol. The number of methoxy groups -OCH3 is 1. The summed E-state index contributed by atoms with van der Waals surface area (Å²) in [5.74, 6) is -0.443. The van der Waals surface area contributed by atoms with Crippen molar-refractivity contribution in [3.8, 4) is 17.0 Å². The van der Waals surface area contributed by atoms with Crippen LogP contribution in [0.3, 0.4) is 0 Å². The van der Waals surface area contributed by atoms with E-state index in [9.17, 15) is 9.18 Å². The van der Waals surface area contributed by atoms with Crippen molar-refractivity contribution in [3.63, 3.8) is 0 Å². The van der Waals surface area contributed by atoms with Crippen molar-refractivity contribution in [3.05, 3.63) is 82.3 Å². The number of rotatable bonds is 6. The predicted molar refractivity (Wildman–Crippen MR) is 121 cm³/mol. The lowest BCUT2D eigenvalue weighted by molar-refractivity contribution is 0.0516. The summed E-state index contributed by atoms with van der Waals surface area (Å²) in [6.07, 6.45) is 1.63. The Bertz CT molecular complexity index is 1270. The molecule has 0 aliphatic rings. The molecule has 2 aromatic carbocycles. The number of pyridine rings is 1. The van der Waals surface area contributed by atoms with Crippen molar-refractivity contribution < 1.29 is 18.7 Å². The highest BCUT2D eigenvalue weighted by Gasteiger charge is 2.27. The Labute approximate surface area is 187 Å². The van der Waals surface area contributed by atoms with Crippen LogP contribution in [0.2, 0.25) is 0 Å². The summed E-state index contributed by atoms with van der Waals surface area (Å²) in [6, 6.07) is 15.9. The lowest BCUT2D eigenvalue weighted by Crippen LogP contribution is -2.14. The van der Waals surface area contributed by atoms with Crippen LogP contribution < -0.4 is 4.74 Å². The summed E-state index contributed by atoms with van der Waals surface area (Å²) in [7, 11) is 1.53. The van der Waals surface area contributed by atoms with Crippen LogP contribution in [0.4, 0.5) is 4.39 Å². The molecule has 5 nitrogen and oxygen atoms in total. The quantitative estimate of drug-likeness (QED) is 0.324. The third kappa shape index (κ3) is 3.93. The van der Waals surface area contributed by atoms with Gasteiger partial charge in [0.15, 0.2) is 0 Å². The molecule has 2 aromatic heterocycles. The van der Waals surface area contributed by atoms with Gasteiger partial charge in [0.2, 0.25) is 5.88 Å². The summed E-state index contributed by atoms with van der Waals surface area (Å²) in [6.45, 7) is 2.14. The van der Waals surface area contributed by atoms with E-state index in [2.05, 4.69) is 20.9 Å². The minimum Gasteiger partial charge on any atom is -0.481 e. The predicted octanol–water partition coefficient (Wildman–Crippen LogP) is 5.84. The van der Waals surface area contributed by atoms with E-state index in [4.69, 9.17) is 9.47 Å². The van der Waals surface area contributed by atoms with E-state index >= 15 is 0 Å². The molecule has 158 valence electrons. The fourth-order valence-corrected chi connectivity index (χ4v) is 4.08. The fraction of sp³-hybridized carbons (Fsp3) is 0.167. The molecule has 0 spiro atoms. The molecule has 4 rings (SSSR count). The number of fused-ring (bicyclic) bond motifs is 1. The highest BCUT2D eigenvalue weighted by Crippen LogP contribution is 2.40. The van der Waals surface area contributed by atoms with Gasteiger partial charge in [-0.2, -0.15) is 0 Å². The van der Waals surface area contributed by atoms with Gasteiger partial charge in [-0.3, -0.25) is 0 Å². The van der Waals surface area contributed by atoms with E-state index < -0.39 is 5.97 Å². The lowest BCUT2D eigenvalue weighted by atomic mass is 10.0. The number of benzene rings is 2.